The number of ether oxygens (including phenoxy) is 1. The summed E-state index contributed by atoms with van der Waals surface area (Å²) in [7, 11) is 0. The van der Waals surface area contributed by atoms with Gasteiger partial charge in [-0.2, -0.15) is 4.94 Å². The van der Waals surface area contributed by atoms with Crippen LogP contribution in [0.4, 0.5) is 4.53 Å². The van der Waals surface area contributed by atoms with Gasteiger partial charge in [0.25, 0.3) is 0 Å². The van der Waals surface area contributed by atoms with Crippen LogP contribution in [0.3, 0.4) is 0 Å². The van der Waals surface area contributed by atoms with E-state index in [4.69, 9.17) is 9.84 Å². The highest BCUT2D eigenvalue weighted by molar-refractivity contribution is 4.69. The van der Waals surface area contributed by atoms with Crippen molar-refractivity contribution >= 4 is 0 Å². The lowest BCUT2D eigenvalue weighted by molar-refractivity contribution is -0.326. The molecular formula is C6H11FO3. The third kappa shape index (κ3) is 1.65. The molecule has 3 atom stereocenters. The van der Waals surface area contributed by atoms with Gasteiger partial charge in [0.1, 0.15) is 6.10 Å². The average Bonchev–Trinajstić information content (AvgIpc) is 1.94. The maximum absolute atomic E-state index is 11.5. The van der Waals surface area contributed by atoms with Crippen molar-refractivity contribution in [1.29, 1.82) is 0 Å². The van der Waals surface area contributed by atoms with E-state index in [2.05, 4.69) is 4.94 Å². The molecule has 0 aromatic rings. The Balaban J connectivity index is 2.38. The van der Waals surface area contributed by atoms with Crippen molar-refractivity contribution in [2.24, 2.45) is 0 Å². The number of aliphatic hydroxyl groups is 1. The highest BCUT2D eigenvalue weighted by Crippen LogP contribution is 2.19. The van der Waals surface area contributed by atoms with Gasteiger partial charge in [0, 0.05) is 0 Å². The topological polar surface area (TPSA) is 38.7 Å². The highest BCUT2D eigenvalue weighted by Gasteiger charge is 2.29. The summed E-state index contributed by atoms with van der Waals surface area (Å²) in [6.07, 6.45) is -0.634. The number of hydrogen-bond acceptors (Lipinski definition) is 3. The van der Waals surface area contributed by atoms with Crippen molar-refractivity contribution in [3.63, 3.8) is 0 Å². The van der Waals surface area contributed by atoms with Gasteiger partial charge in [0.05, 0.1) is 6.10 Å². The molecule has 0 aromatic heterocycles. The predicted molar refractivity (Wildman–Crippen MR) is 31.8 cm³/mol. The fourth-order valence-corrected chi connectivity index (χ4v) is 1.01. The molecule has 60 valence electrons. The van der Waals surface area contributed by atoms with E-state index < -0.39 is 12.4 Å². The normalized spacial score (nSPS) is 41.7. The lowest BCUT2D eigenvalue weighted by Gasteiger charge is -2.28. The van der Waals surface area contributed by atoms with Crippen molar-refractivity contribution in [1.82, 2.24) is 0 Å². The standard InChI is InChI=1S/C6H11FO3/c1-4-2-3-5(8)6(9-4)10-7/h4-6,8H,2-3H2,1H3/t4-,5?,6+/m1/s1. The Morgan fingerprint density at radius 3 is 2.80 bits per heavy atom. The van der Waals surface area contributed by atoms with Crippen LogP contribution in [0, 0.1) is 0 Å². The van der Waals surface area contributed by atoms with E-state index in [0.29, 0.717) is 6.42 Å². The Hall–Kier alpha value is -0.190. The molecule has 0 saturated carbocycles. The third-order valence-corrected chi connectivity index (χ3v) is 1.64. The van der Waals surface area contributed by atoms with E-state index in [1.165, 1.54) is 0 Å². The third-order valence-electron chi connectivity index (χ3n) is 1.64. The van der Waals surface area contributed by atoms with Gasteiger partial charge >= 0.3 is 0 Å². The zero-order valence-electron chi connectivity index (χ0n) is 5.79. The first-order chi connectivity index (χ1) is 4.74. The zero-order valence-corrected chi connectivity index (χ0v) is 5.79. The minimum absolute atomic E-state index is 0.0239. The molecule has 1 unspecified atom stereocenters. The number of rotatable bonds is 1. The lowest BCUT2D eigenvalue weighted by atomic mass is 10.1. The number of hydrogen-bond donors (Lipinski definition) is 1. The summed E-state index contributed by atoms with van der Waals surface area (Å²) < 4.78 is 16.4. The van der Waals surface area contributed by atoms with Crippen LogP contribution in [-0.4, -0.2) is 23.6 Å². The minimum atomic E-state index is -1.08. The molecule has 0 aliphatic carbocycles. The maximum Gasteiger partial charge on any atom is 0.223 e. The highest BCUT2D eigenvalue weighted by atomic mass is 19.3. The van der Waals surface area contributed by atoms with Crippen LogP contribution in [0.2, 0.25) is 0 Å². The van der Waals surface area contributed by atoms with Gasteiger partial charge in [-0.25, -0.2) is 0 Å². The summed E-state index contributed by atoms with van der Waals surface area (Å²) in [5.74, 6) is 0. The Kier molecular flexibility index (Phi) is 2.59. The zero-order chi connectivity index (χ0) is 7.56. The average molecular weight is 150 g/mol. The molecule has 1 aliphatic rings. The lowest BCUT2D eigenvalue weighted by Crippen LogP contribution is -2.38. The molecule has 0 aromatic carbocycles. The van der Waals surface area contributed by atoms with Crippen molar-refractivity contribution in [3.05, 3.63) is 0 Å². The second-order valence-corrected chi connectivity index (χ2v) is 2.55. The van der Waals surface area contributed by atoms with Gasteiger partial charge in [-0.15, -0.1) is 0 Å². The first-order valence-electron chi connectivity index (χ1n) is 3.35. The smallest absolute Gasteiger partial charge is 0.223 e. The fraction of sp³-hybridized carbons (Fsp3) is 1.00. The van der Waals surface area contributed by atoms with Crippen LogP contribution >= 0.6 is 0 Å². The van der Waals surface area contributed by atoms with Crippen molar-refractivity contribution in [2.45, 2.75) is 38.3 Å². The molecule has 1 fully saturated rings. The van der Waals surface area contributed by atoms with Crippen LogP contribution in [0.1, 0.15) is 19.8 Å². The van der Waals surface area contributed by atoms with E-state index in [9.17, 15) is 4.53 Å². The second-order valence-electron chi connectivity index (χ2n) is 2.55. The SMILES string of the molecule is C[C@@H]1CCC(O)[C@H](OF)O1. The van der Waals surface area contributed by atoms with E-state index in [1.807, 2.05) is 6.92 Å². The van der Waals surface area contributed by atoms with Crippen LogP contribution in [-0.2, 0) is 9.68 Å². The monoisotopic (exact) mass is 150 g/mol. The van der Waals surface area contributed by atoms with Gasteiger partial charge in [-0.05, 0) is 24.3 Å². The molecule has 0 spiro atoms. The first-order valence-corrected chi connectivity index (χ1v) is 3.35. The summed E-state index contributed by atoms with van der Waals surface area (Å²) in [4.78, 5) is 3.40. The van der Waals surface area contributed by atoms with Crippen molar-refractivity contribution in [2.75, 3.05) is 0 Å². The molecule has 0 radical (unpaired) electrons. The Morgan fingerprint density at radius 2 is 2.30 bits per heavy atom. The van der Waals surface area contributed by atoms with Gasteiger partial charge < -0.3 is 9.84 Å². The van der Waals surface area contributed by atoms with Crippen molar-refractivity contribution < 1.29 is 19.3 Å². The van der Waals surface area contributed by atoms with Crippen molar-refractivity contribution in [3.8, 4) is 0 Å². The molecule has 1 aliphatic heterocycles. The predicted octanol–water partition coefficient (Wildman–Crippen LogP) is 0.773. The Bertz CT molecular complexity index is 109. The molecule has 0 amide bonds. The summed E-state index contributed by atoms with van der Waals surface area (Å²) in [5, 5.41) is 9.00. The Morgan fingerprint density at radius 1 is 1.60 bits per heavy atom. The largest absolute Gasteiger partial charge is 0.388 e. The van der Waals surface area contributed by atoms with E-state index in [1.54, 1.807) is 0 Å². The summed E-state index contributed by atoms with van der Waals surface area (Å²) in [6, 6.07) is 0. The summed E-state index contributed by atoms with van der Waals surface area (Å²) >= 11 is 0. The molecule has 10 heavy (non-hydrogen) atoms. The van der Waals surface area contributed by atoms with Gasteiger partial charge in [0.15, 0.2) is 0 Å². The number of aliphatic hydroxyl groups excluding tert-OH is 1. The fourth-order valence-electron chi connectivity index (χ4n) is 1.01. The number of halogens is 1. The van der Waals surface area contributed by atoms with Gasteiger partial charge in [0.2, 0.25) is 6.29 Å². The molecule has 1 rings (SSSR count). The molecule has 0 bridgehead atoms. The van der Waals surface area contributed by atoms with E-state index in [-0.39, 0.29) is 6.10 Å². The van der Waals surface area contributed by atoms with Crippen LogP contribution < -0.4 is 0 Å². The van der Waals surface area contributed by atoms with Gasteiger partial charge in [-0.3, -0.25) is 0 Å². The summed E-state index contributed by atoms with van der Waals surface area (Å²) in [6.45, 7) is 1.82. The second kappa shape index (κ2) is 3.27. The molecule has 1 saturated heterocycles. The Labute approximate surface area is 58.6 Å². The first kappa shape index (κ1) is 7.91. The van der Waals surface area contributed by atoms with Crippen LogP contribution in [0.5, 0.6) is 0 Å². The van der Waals surface area contributed by atoms with E-state index >= 15 is 0 Å². The van der Waals surface area contributed by atoms with E-state index in [0.717, 1.165) is 6.42 Å². The summed E-state index contributed by atoms with van der Waals surface area (Å²) in [5.41, 5.74) is 0. The molecule has 4 heteroatoms. The maximum atomic E-state index is 11.5. The molecular weight excluding hydrogens is 139 g/mol. The molecule has 1 N–H and O–H groups in total. The van der Waals surface area contributed by atoms with Gasteiger partial charge in [-0.1, -0.05) is 0 Å². The molecule has 3 nitrogen and oxygen atoms in total. The molecule has 1 heterocycles. The minimum Gasteiger partial charge on any atom is -0.388 e. The van der Waals surface area contributed by atoms with Crippen LogP contribution in [0.25, 0.3) is 0 Å². The quantitative estimate of drug-likeness (QED) is 0.600. The van der Waals surface area contributed by atoms with Crippen LogP contribution in [0.15, 0.2) is 0 Å².